The molecule has 1 heterocycles. The van der Waals surface area contributed by atoms with E-state index < -0.39 is 5.63 Å². The molecule has 5 nitrogen and oxygen atoms in total. The minimum absolute atomic E-state index is 0.207. The van der Waals surface area contributed by atoms with Gasteiger partial charge in [0.2, 0.25) is 0 Å². The highest BCUT2D eigenvalue weighted by atomic mass is 16.5. The second kappa shape index (κ2) is 3.91. The standard InChI is InChI=1S/C10H9N3O2/c1-7-9(10(14)15-13-7)12-11-8-5-3-2-4-6-8/h2-6,13H,1H3. The lowest BCUT2D eigenvalue weighted by atomic mass is 10.3. The van der Waals surface area contributed by atoms with Crippen LogP contribution < -0.4 is 5.63 Å². The van der Waals surface area contributed by atoms with Gasteiger partial charge >= 0.3 is 5.63 Å². The summed E-state index contributed by atoms with van der Waals surface area (Å²) in [4.78, 5) is 11.1. The van der Waals surface area contributed by atoms with Gasteiger partial charge in [-0.05, 0) is 19.1 Å². The van der Waals surface area contributed by atoms with Gasteiger partial charge in [-0.1, -0.05) is 18.2 Å². The molecule has 1 aromatic carbocycles. The van der Waals surface area contributed by atoms with Crippen LogP contribution in [-0.2, 0) is 0 Å². The summed E-state index contributed by atoms with van der Waals surface area (Å²) < 4.78 is 4.55. The van der Waals surface area contributed by atoms with Crippen LogP contribution in [0.3, 0.4) is 0 Å². The van der Waals surface area contributed by atoms with Crippen molar-refractivity contribution >= 4 is 11.4 Å². The third-order valence-corrected chi connectivity index (χ3v) is 1.87. The van der Waals surface area contributed by atoms with Gasteiger partial charge in [0.1, 0.15) is 0 Å². The summed E-state index contributed by atoms with van der Waals surface area (Å²) >= 11 is 0. The van der Waals surface area contributed by atoms with E-state index in [-0.39, 0.29) is 5.69 Å². The molecule has 0 radical (unpaired) electrons. The molecule has 0 amide bonds. The van der Waals surface area contributed by atoms with Gasteiger partial charge in [0.15, 0.2) is 5.69 Å². The van der Waals surface area contributed by atoms with Crippen LogP contribution in [0.4, 0.5) is 11.4 Å². The predicted molar refractivity (Wildman–Crippen MR) is 54.7 cm³/mol. The number of aromatic nitrogens is 1. The fourth-order valence-corrected chi connectivity index (χ4v) is 1.09. The number of aromatic amines is 1. The van der Waals surface area contributed by atoms with Gasteiger partial charge in [-0.15, -0.1) is 5.11 Å². The molecule has 15 heavy (non-hydrogen) atoms. The predicted octanol–water partition coefficient (Wildman–Crippen LogP) is 2.69. The van der Waals surface area contributed by atoms with Crippen molar-refractivity contribution in [1.82, 2.24) is 5.16 Å². The Kier molecular flexibility index (Phi) is 2.45. The molecule has 0 aliphatic carbocycles. The average molecular weight is 203 g/mol. The molecule has 0 spiro atoms. The molecule has 76 valence electrons. The van der Waals surface area contributed by atoms with Crippen molar-refractivity contribution in [2.75, 3.05) is 0 Å². The number of hydrogen-bond donors (Lipinski definition) is 1. The van der Waals surface area contributed by atoms with Crippen LogP contribution in [0.5, 0.6) is 0 Å². The number of azo groups is 1. The Morgan fingerprint density at radius 3 is 2.53 bits per heavy atom. The Morgan fingerprint density at radius 2 is 1.93 bits per heavy atom. The Morgan fingerprint density at radius 1 is 1.20 bits per heavy atom. The van der Waals surface area contributed by atoms with Crippen molar-refractivity contribution in [2.45, 2.75) is 6.92 Å². The maximum Gasteiger partial charge on any atom is 0.384 e. The third-order valence-electron chi connectivity index (χ3n) is 1.87. The average Bonchev–Trinajstić information content (AvgIpc) is 2.58. The largest absolute Gasteiger partial charge is 0.384 e. The minimum atomic E-state index is -0.507. The molecule has 0 fully saturated rings. The Hall–Kier alpha value is -2.17. The first-order chi connectivity index (χ1) is 7.27. The second-order valence-electron chi connectivity index (χ2n) is 3.00. The first-order valence-corrected chi connectivity index (χ1v) is 4.42. The highest BCUT2D eigenvalue weighted by Crippen LogP contribution is 2.16. The molecule has 0 saturated heterocycles. The Bertz CT molecular complexity index is 525. The topological polar surface area (TPSA) is 70.7 Å². The molecule has 0 atom stereocenters. The van der Waals surface area contributed by atoms with E-state index in [4.69, 9.17) is 0 Å². The minimum Gasteiger partial charge on any atom is -0.336 e. The van der Waals surface area contributed by atoms with Crippen molar-refractivity contribution in [1.29, 1.82) is 0 Å². The number of rotatable bonds is 2. The quantitative estimate of drug-likeness (QED) is 0.762. The molecular weight excluding hydrogens is 194 g/mol. The van der Waals surface area contributed by atoms with Crippen LogP contribution in [0.15, 0.2) is 49.9 Å². The molecule has 5 heteroatoms. The van der Waals surface area contributed by atoms with Crippen LogP contribution in [-0.4, -0.2) is 5.16 Å². The van der Waals surface area contributed by atoms with E-state index in [2.05, 4.69) is 19.9 Å². The molecule has 0 saturated carbocycles. The molecule has 1 aromatic heterocycles. The number of benzene rings is 1. The van der Waals surface area contributed by atoms with E-state index in [1.165, 1.54) is 0 Å². The smallest absolute Gasteiger partial charge is 0.336 e. The zero-order valence-electron chi connectivity index (χ0n) is 8.10. The van der Waals surface area contributed by atoms with E-state index in [0.29, 0.717) is 11.4 Å². The van der Waals surface area contributed by atoms with Gasteiger partial charge in [0, 0.05) is 0 Å². The molecule has 0 unspecified atom stereocenters. The summed E-state index contributed by atoms with van der Waals surface area (Å²) in [5.41, 5.74) is 0.961. The van der Waals surface area contributed by atoms with Gasteiger partial charge in [0.25, 0.3) is 0 Å². The fourth-order valence-electron chi connectivity index (χ4n) is 1.09. The maximum absolute atomic E-state index is 11.1. The van der Waals surface area contributed by atoms with Crippen LogP contribution in [0.25, 0.3) is 0 Å². The lowest BCUT2D eigenvalue weighted by Crippen LogP contribution is -1.89. The molecule has 0 aliphatic heterocycles. The zero-order chi connectivity index (χ0) is 10.7. The highest BCUT2D eigenvalue weighted by Gasteiger charge is 2.06. The summed E-state index contributed by atoms with van der Waals surface area (Å²) in [5, 5.41) is 10.2. The number of H-pyrrole nitrogens is 1. The van der Waals surface area contributed by atoms with Crippen LogP contribution >= 0.6 is 0 Å². The van der Waals surface area contributed by atoms with Gasteiger partial charge in [-0.25, -0.2) is 9.95 Å². The second-order valence-corrected chi connectivity index (χ2v) is 3.00. The number of aryl methyl sites for hydroxylation is 1. The number of nitrogens with one attached hydrogen (secondary N) is 1. The molecule has 2 aromatic rings. The van der Waals surface area contributed by atoms with E-state index in [9.17, 15) is 4.79 Å². The van der Waals surface area contributed by atoms with Gasteiger partial charge in [0.05, 0.1) is 11.4 Å². The van der Waals surface area contributed by atoms with Crippen LogP contribution in [0.2, 0.25) is 0 Å². The first-order valence-electron chi connectivity index (χ1n) is 4.42. The van der Waals surface area contributed by atoms with E-state index in [1.54, 1.807) is 19.1 Å². The number of nitrogens with zero attached hydrogens (tertiary/aromatic N) is 2. The van der Waals surface area contributed by atoms with Crippen molar-refractivity contribution in [3.63, 3.8) is 0 Å². The molecular formula is C10H9N3O2. The van der Waals surface area contributed by atoms with Gasteiger partial charge in [-0.3, -0.25) is 0 Å². The summed E-state index contributed by atoms with van der Waals surface area (Å²) in [6, 6.07) is 9.18. The van der Waals surface area contributed by atoms with Crippen LogP contribution in [0, 0.1) is 6.92 Å². The Balaban J connectivity index is 2.30. The summed E-state index contributed by atoms with van der Waals surface area (Å²) in [5.74, 6) is 0. The molecule has 1 N–H and O–H groups in total. The number of hydrogen-bond acceptors (Lipinski definition) is 4. The molecule has 0 bridgehead atoms. The van der Waals surface area contributed by atoms with Crippen LogP contribution in [0.1, 0.15) is 5.69 Å². The fraction of sp³-hybridized carbons (Fsp3) is 0.100. The van der Waals surface area contributed by atoms with Crippen molar-refractivity contribution in [3.8, 4) is 0 Å². The van der Waals surface area contributed by atoms with Gasteiger partial charge in [-0.2, -0.15) is 5.11 Å². The van der Waals surface area contributed by atoms with Gasteiger partial charge < -0.3 is 4.52 Å². The molecule has 0 aliphatic rings. The van der Waals surface area contributed by atoms with Crippen molar-refractivity contribution in [3.05, 3.63) is 46.4 Å². The SMILES string of the molecule is Cc1[nH]oc(=O)c1N=Nc1ccccc1. The normalized spacial score (nSPS) is 11.0. The summed E-state index contributed by atoms with van der Waals surface area (Å²) in [7, 11) is 0. The van der Waals surface area contributed by atoms with E-state index >= 15 is 0 Å². The summed E-state index contributed by atoms with van der Waals surface area (Å²) in [6.07, 6.45) is 0. The van der Waals surface area contributed by atoms with E-state index in [1.807, 2.05) is 18.2 Å². The van der Waals surface area contributed by atoms with Crippen molar-refractivity contribution in [2.24, 2.45) is 10.2 Å². The van der Waals surface area contributed by atoms with Crippen molar-refractivity contribution < 1.29 is 4.52 Å². The summed E-state index contributed by atoms with van der Waals surface area (Å²) in [6.45, 7) is 1.70. The maximum atomic E-state index is 11.1. The molecule has 2 rings (SSSR count). The monoisotopic (exact) mass is 203 g/mol. The lowest BCUT2D eigenvalue weighted by molar-refractivity contribution is 0.388. The lowest BCUT2D eigenvalue weighted by Gasteiger charge is -1.88. The zero-order valence-corrected chi connectivity index (χ0v) is 8.10. The Labute approximate surface area is 85.4 Å². The first kappa shape index (κ1) is 9.39. The van der Waals surface area contributed by atoms with E-state index in [0.717, 1.165) is 0 Å². The third kappa shape index (κ3) is 2.01. The highest BCUT2D eigenvalue weighted by molar-refractivity contribution is 5.39.